The van der Waals surface area contributed by atoms with Crippen molar-refractivity contribution in [1.29, 1.82) is 0 Å². The second-order valence-corrected chi connectivity index (χ2v) is 5.94. The van der Waals surface area contributed by atoms with Crippen molar-refractivity contribution in [2.45, 2.75) is 24.4 Å². The van der Waals surface area contributed by atoms with Gasteiger partial charge in [-0.15, -0.1) is 0 Å². The van der Waals surface area contributed by atoms with Crippen LogP contribution in [0.25, 0.3) is 0 Å². The van der Waals surface area contributed by atoms with Crippen LogP contribution in [-0.2, 0) is 16.6 Å². The summed E-state index contributed by atoms with van der Waals surface area (Å²) in [5, 5.41) is 6.09. The van der Waals surface area contributed by atoms with E-state index in [1.165, 1.54) is 13.3 Å². The third-order valence-corrected chi connectivity index (χ3v) is 4.38. The molecule has 1 heterocycles. The number of nitrogens with two attached hydrogens (primary N) is 1. The van der Waals surface area contributed by atoms with Crippen LogP contribution in [0.1, 0.15) is 24.4 Å². The third kappa shape index (κ3) is 3.06. The topological polar surface area (TPSA) is 114 Å². The maximum absolute atomic E-state index is 14.0. The van der Waals surface area contributed by atoms with E-state index in [4.69, 9.17) is 5.73 Å². The van der Waals surface area contributed by atoms with Crippen LogP contribution in [0.3, 0.4) is 0 Å². The molecule has 114 valence electrons. The van der Waals surface area contributed by atoms with Crippen LogP contribution in [0.5, 0.6) is 0 Å². The highest BCUT2D eigenvalue weighted by Gasteiger charge is 2.25. The van der Waals surface area contributed by atoms with Crippen molar-refractivity contribution in [2.24, 2.45) is 5.73 Å². The molecule has 0 aliphatic carbocycles. The fourth-order valence-corrected chi connectivity index (χ4v) is 3.06. The van der Waals surface area contributed by atoms with E-state index in [9.17, 15) is 17.2 Å². The summed E-state index contributed by atoms with van der Waals surface area (Å²) in [6.07, 6.45) is 1.21. The van der Waals surface area contributed by atoms with Crippen molar-refractivity contribution < 1.29 is 17.2 Å². The maximum atomic E-state index is 14.0. The Hall–Kier alpha value is -1.91. The van der Waals surface area contributed by atoms with Gasteiger partial charge < -0.3 is 5.73 Å². The molecule has 2 rings (SSSR count). The molecule has 0 saturated heterocycles. The second-order valence-electron chi connectivity index (χ2n) is 4.26. The van der Waals surface area contributed by atoms with E-state index in [-0.39, 0.29) is 5.82 Å². The van der Waals surface area contributed by atoms with E-state index in [1.807, 2.05) is 0 Å². The maximum Gasteiger partial charge on any atom is 0.244 e. The van der Waals surface area contributed by atoms with Gasteiger partial charge in [0, 0.05) is 12.1 Å². The minimum absolute atomic E-state index is 0.264. The number of nitrogens with zero attached hydrogens (tertiary/aromatic N) is 2. The highest BCUT2D eigenvalue weighted by molar-refractivity contribution is 7.89. The number of rotatable bonds is 5. The average Bonchev–Trinajstić information content (AvgIpc) is 2.92. The molecule has 4 N–H and O–H groups in total. The van der Waals surface area contributed by atoms with Gasteiger partial charge in [0.2, 0.25) is 10.0 Å². The Morgan fingerprint density at radius 1 is 1.43 bits per heavy atom. The number of aromatic nitrogens is 3. The highest BCUT2D eigenvalue weighted by Crippen LogP contribution is 2.22. The lowest BCUT2D eigenvalue weighted by Crippen LogP contribution is -2.29. The summed E-state index contributed by atoms with van der Waals surface area (Å²) in [5.41, 5.74) is 4.74. The number of hydrogen-bond acceptors (Lipinski definition) is 5. The van der Waals surface area contributed by atoms with Crippen LogP contribution >= 0.6 is 0 Å². The first kappa shape index (κ1) is 15.5. The number of aromatic amines is 1. The van der Waals surface area contributed by atoms with Gasteiger partial charge in [-0.05, 0) is 19.1 Å². The minimum Gasteiger partial charge on any atom is -0.326 e. The molecule has 2 aromatic rings. The van der Waals surface area contributed by atoms with E-state index < -0.39 is 44.7 Å². The molecule has 0 aliphatic heterocycles. The highest BCUT2D eigenvalue weighted by atomic mass is 32.2. The zero-order valence-electron chi connectivity index (χ0n) is 11.0. The van der Waals surface area contributed by atoms with Crippen molar-refractivity contribution in [2.75, 3.05) is 0 Å². The van der Waals surface area contributed by atoms with Crippen LogP contribution in [0.2, 0.25) is 0 Å². The van der Waals surface area contributed by atoms with Crippen LogP contribution in [0.4, 0.5) is 8.78 Å². The molecular weight excluding hydrogens is 304 g/mol. The quantitative estimate of drug-likeness (QED) is 0.746. The molecule has 0 saturated carbocycles. The van der Waals surface area contributed by atoms with Gasteiger partial charge in [-0.3, -0.25) is 5.10 Å². The van der Waals surface area contributed by atoms with Gasteiger partial charge >= 0.3 is 0 Å². The molecule has 0 radical (unpaired) electrons. The first-order chi connectivity index (χ1) is 9.86. The van der Waals surface area contributed by atoms with Gasteiger partial charge in [-0.1, -0.05) is 0 Å². The minimum atomic E-state index is -4.20. The van der Waals surface area contributed by atoms with E-state index in [0.29, 0.717) is 0 Å². The Morgan fingerprint density at radius 3 is 2.71 bits per heavy atom. The fourth-order valence-electron chi connectivity index (χ4n) is 1.75. The lowest BCUT2D eigenvalue weighted by molar-refractivity contribution is 0.520. The number of H-pyrrole nitrogens is 1. The number of nitrogens with one attached hydrogen (secondary N) is 2. The Labute approximate surface area is 119 Å². The molecule has 21 heavy (non-hydrogen) atoms. The molecular formula is C11H13F2N5O2S. The fraction of sp³-hybridized carbons (Fsp3) is 0.273. The van der Waals surface area contributed by atoms with Gasteiger partial charge in [0.25, 0.3) is 0 Å². The van der Waals surface area contributed by atoms with Crippen molar-refractivity contribution in [3.63, 3.8) is 0 Å². The largest absolute Gasteiger partial charge is 0.326 e. The molecule has 0 aliphatic rings. The summed E-state index contributed by atoms with van der Waals surface area (Å²) in [7, 11) is -4.20. The number of sulfonamides is 1. The molecule has 1 aromatic carbocycles. The van der Waals surface area contributed by atoms with Crippen molar-refractivity contribution in [1.82, 2.24) is 19.9 Å². The molecule has 0 fully saturated rings. The van der Waals surface area contributed by atoms with E-state index >= 15 is 0 Å². The van der Waals surface area contributed by atoms with E-state index in [0.717, 1.165) is 12.1 Å². The van der Waals surface area contributed by atoms with Crippen molar-refractivity contribution in [3.8, 4) is 0 Å². The van der Waals surface area contributed by atoms with E-state index in [2.05, 4.69) is 19.9 Å². The SMILES string of the molecule is CC(NS(=O)(=O)c1ccc(F)c(CN)c1F)c1ncn[nH]1. The number of halogens is 2. The summed E-state index contributed by atoms with van der Waals surface area (Å²) in [4.78, 5) is 3.13. The van der Waals surface area contributed by atoms with Gasteiger partial charge in [0.05, 0.1) is 6.04 Å². The normalized spacial score (nSPS) is 13.3. The molecule has 0 spiro atoms. The Balaban J connectivity index is 2.36. The summed E-state index contributed by atoms with van der Waals surface area (Å²) < 4.78 is 53.9. The third-order valence-electron chi connectivity index (χ3n) is 2.82. The van der Waals surface area contributed by atoms with Crippen LogP contribution in [0.15, 0.2) is 23.4 Å². The number of hydrogen-bond donors (Lipinski definition) is 3. The summed E-state index contributed by atoms with van der Waals surface area (Å²) in [6.45, 7) is 1.06. The first-order valence-corrected chi connectivity index (χ1v) is 7.39. The lowest BCUT2D eigenvalue weighted by Gasteiger charge is -2.13. The average molecular weight is 317 g/mol. The predicted octanol–water partition coefficient (Wildman–Crippen LogP) is 0.581. The van der Waals surface area contributed by atoms with Crippen molar-refractivity contribution in [3.05, 3.63) is 41.5 Å². The lowest BCUT2D eigenvalue weighted by atomic mass is 10.2. The Morgan fingerprint density at radius 2 is 2.14 bits per heavy atom. The molecule has 1 aromatic heterocycles. The van der Waals surface area contributed by atoms with Crippen molar-refractivity contribution >= 4 is 10.0 Å². The van der Waals surface area contributed by atoms with Crippen LogP contribution in [0, 0.1) is 11.6 Å². The molecule has 1 unspecified atom stereocenters. The van der Waals surface area contributed by atoms with Gasteiger partial charge in [-0.2, -0.15) is 5.10 Å². The molecule has 0 amide bonds. The molecule has 10 heteroatoms. The van der Waals surface area contributed by atoms with Gasteiger partial charge in [-0.25, -0.2) is 26.9 Å². The monoisotopic (exact) mass is 317 g/mol. The molecule has 7 nitrogen and oxygen atoms in total. The zero-order chi connectivity index (χ0) is 15.6. The zero-order valence-corrected chi connectivity index (χ0v) is 11.8. The van der Waals surface area contributed by atoms with E-state index in [1.54, 1.807) is 0 Å². The number of benzene rings is 1. The van der Waals surface area contributed by atoms with Gasteiger partial charge in [0.15, 0.2) is 5.82 Å². The van der Waals surface area contributed by atoms with Gasteiger partial charge in [0.1, 0.15) is 22.9 Å². The summed E-state index contributed by atoms with van der Waals surface area (Å²) in [5.74, 6) is -1.83. The van der Waals surface area contributed by atoms with Crippen LogP contribution < -0.4 is 10.5 Å². The smallest absolute Gasteiger partial charge is 0.244 e. The molecule has 0 bridgehead atoms. The summed E-state index contributed by atoms with van der Waals surface area (Å²) >= 11 is 0. The molecule has 1 atom stereocenters. The predicted molar refractivity (Wildman–Crippen MR) is 69.4 cm³/mol. The second kappa shape index (κ2) is 5.84. The standard InChI is InChI=1S/C11H13F2N5O2S/c1-6(11-15-5-16-17-11)18-21(19,20)9-3-2-8(12)7(4-14)10(9)13/h2-3,5-6,18H,4,14H2,1H3,(H,15,16,17). The first-order valence-electron chi connectivity index (χ1n) is 5.91. The van der Waals surface area contributed by atoms with Crippen LogP contribution in [-0.4, -0.2) is 23.6 Å². The Kier molecular flexibility index (Phi) is 4.30. The Bertz CT molecular complexity index is 733. The summed E-state index contributed by atoms with van der Waals surface area (Å²) in [6, 6.07) is 0.946.